The minimum Gasteiger partial charge on any atom is -0.354 e. The molecule has 0 saturated carbocycles. The van der Waals surface area contributed by atoms with Crippen LogP contribution in [0.15, 0.2) is 12.3 Å². The van der Waals surface area contributed by atoms with E-state index in [1.807, 2.05) is 0 Å². The van der Waals surface area contributed by atoms with Crippen LogP contribution in [0.3, 0.4) is 0 Å². The van der Waals surface area contributed by atoms with Crippen LogP contribution in [0.4, 0.5) is 19.1 Å². The Morgan fingerprint density at radius 2 is 2.00 bits per heavy atom. The van der Waals surface area contributed by atoms with Crippen LogP contribution in [0, 0.1) is 0 Å². The average molecular weight is 268 g/mol. The Labute approximate surface area is 102 Å². The Bertz CT molecular complexity index is 344. The van der Waals surface area contributed by atoms with Crippen molar-refractivity contribution in [1.29, 1.82) is 0 Å². The van der Waals surface area contributed by atoms with Gasteiger partial charge >= 0.3 is 6.18 Å². The number of hydrogen-bond donors (Lipinski definition) is 1. The number of hydrogen-bond acceptors (Lipinski definition) is 3. The highest BCUT2D eigenvalue weighted by molar-refractivity contribution is 6.17. The van der Waals surface area contributed by atoms with Crippen LogP contribution in [0.2, 0.25) is 0 Å². The molecule has 96 valence electrons. The van der Waals surface area contributed by atoms with E-state index in [1.54, 1.807) is 0 Å². The molecular formula is C10H13ClF3N3. The fraction of sp³-hybridized carbons (Fsp3) is 0.600. The standard InChI is InChI=1S/C10H13ClF3N3/c11-5-2-1-3-6-15-9-16-7-4-8(17-9)10(12,13)14/h4,7H,1-3,5-6H2,(H,15,16,17). The zero-order valence-corrected chi connectivity index (χ0v) is 9.85. The van der Waals surface area contributed by atoms with E-state index < -0.39 is 11.9 Å². The third kappa shape index (κ3) is 5.21. The normalized spacial score (nSPS) is 11.5. The fourth-order valence-electron chi connectivity index (χ4n) is 1.20. The summed E-state index contributed by atoms with van der Waals surface area (Å²) >= 11 is 5.50. The Hall–Kier alpha value is -1.04. The molecular weight excluding hydrogens is 255 g/mol. The summed E-state index contributed by atoms with van der Waals surface area (Å²) in [5, 5.41) is 2.75. The van der Waals surface area contributed by atoms with Crippen molar-refractivity contribution in [2.45, 2.75) is 25.4 Å². The molecule has 1 aromatic rings. The van der Waals surface area contributed by atoms with Gasteiger partial charge in [-0.2, -0.15) is 13.2 Å². The number of rotatable bonds is 6. The third-order valence-corrected chi connectivity index (χ3v) is 2.31. The molecule has 0 aromatic carbocycles. The van der Waals surface area contributed by atoms with Crippen molar-refractivity contribution in [3.05, 3.63) is 18.0 Å². The molecule has 7 heteroatoms. The van der Waals surface area contributed by atoms with E-state index in [9.17, 15) is 13.2 Å². The zero-order chi connectivity index (χ0) is 12.7. The Morgan fingerprint density at radius 3 is 2.65 bits per heavy atom. The number of alkyl halides is 4. The summed E-state index contributed by atoms with van der Waals surface area (Å²) in [5.74, 6) is 0.603. The van der Waals surface area contributed by atoms with Gasteiger partial charge < -0.3 is 5.32 Å². The van der Waals surface area contributed by atoms with E-state index in [2.05, 4.69) is 15.3 Å². The van der Waals surface area contributed by atoms with Gasteiger partial charge in [0.2, 0.25) is 5.95 Å². The van der Waals surface area contributed by atoms with Crippen LogP contribution in [-0.2, 0) is 6.18 Å². The monoisotopic (exact) mass is 267 g/mol. The van der Waals surface area contributed by atoms with E-state index >= 15 is 0 Å². The molecule has 17 heavy (non-hydrogen) atoms. The van der Waals surface area contributed by atoms with Crippen molar-refractivity contribution < 1.29 is 13.2 Å². The molecule has 0 bridgehead atoms. The van der Waals surface area contributed by atoms with Crippen molar-refractivity contribution in [1.82, 2.24) is 9.97 Å². The van der Waals surface area contributed by atoms with Gasteiger partial charge in [0.1, 0.15) is 5.69 Å². The maximum absolute atomic E-state index is 12.3. The topological polar surface area (TPSA) is 37.8 Å². The molecule has 0 aliphatic carbocycles. The Morgan fingerprint density at radius 1 is 1.24 bits per heavy atom. The second-order valence-electron chi connectivity index (χ2n) is 3.44. The predicted octanol–water partition coefficient (Wildman–Crippen LogP) is 3.32. The Balaban J connectivity index is 2.44. The van der Waals surface area contributed by atoms with Crippen molar-refractivity contribution in [2.24, 2.45) is 0 Å². The van der Waals surface area contributed by atoms with Gasteiger partial charge in [-0.1, -0.05) is 6.42 Å². The second kappa shape index (κ2) is 6.64. The summed E-state index contributed by atoms with van der Waals surface area (Å²) in [7, 11) is 0. The fourth-order valence-corrected chi connectivity index (χ4v) is 1.39. The molecule has 0 unspecified atom stereocenters. The van der Waals surface area contributed by atoms with Crippen LogP contribution < -0.4 is 5.32 Å². The van der Waals surface area contributed by atoms with Gasteiger partial charge in [-0.05, 0) is 18.9 Å². The van der Waals surface area contributed by atoms with Gasteiger partial charge in [0, 0.05) is 18.6 Å². The Kier molecular flexibility index (Phi) is 5.47. The highest BCUT2D eigenvalue weighted by Crippen LogP contribution is 2.27. The summed E-state index contributed by atoms with van der Waals surface area (Å²) in [6, 6.07) is 0.846. The van der Waals surface area contributed by atoms with Crippen LogP contribution in [0.5, 0.6) is 0 Å². The molecule has 0 fully saturated rings. The number of nitrogens with zero attached hydrogens (tertiary/aromatic N) is 2. The molecule has 1 aromatic heterocycles. The number of aromatic nitrogens is 2. The number of anilines is 1. The molecule has 0 saturated heterocycles. The maximum atomic E-state index is 12.3. The average Bonchev–Trinajstić information content (AvgIpc) is 2.28. The third-order valence-electron chi connectivity index (χ3n) is 2.04. The van der Waals surface area contributed by atoms with Crippen molar-refractivity contribution in [2.75, 3.05) is 17.7 Å². The molecule has 0 aliphatic heterocycles. The van der Waals surface area contributed by atoms with Crippen LogP contribution in [0.25, 0.3) is 0 Å². The molecule has 0 aliphatic rings. The lowest BCUT2D eigenvalue weighted by Crippen LogP contribution is -2.12. The van der Waals surface area contributed by atoms with E-state index in [1.165, 1.54) is 0 Å². The molecule has 1 N–H and O–H groups in total. The van der Waals surface area contributed by atoms with Crippen LogP contribution in [0.1, 0.15) is 25.0 Å². The van der Waals surface area contributed by atoms with Gasteiger partial charge in [0.15, 0.2) is 0 Å². The molecule has 0 amide bonds. The molecule has 0 spiro atoms. The largest absolute Gasteiger partial charge is 0.433 e. The van der Waals surface area contributed by atoms with Gasteiger partial charge in [-0.15, -0.1) is 11.6 Å². The highest BCUT2D eigenvalue weighted by Gasteiger charge is 2.32. The van der Waals surface area contributed by atoms with Crippen LogP contribution >= 0.6 is 11.6 Å². The van der Waals surface area contributed by atoms with Crippen molar-refractivity contribution in [3.63, 3.8) is 0 Å². The first kappa shape index (κ1) is 14.0. The molecule has 0 atom stereocenters. The molecule has 1 rings (SSSR count). The zero-order valence-electron chi connectivity index (χ0n) is 9.10. The summed E-state index contributed by atoms with van der Waals surface area (Å²) in [6.45, 7) is 0.540. The SMILES string of the molecule is FC(F)(F)c1ccnc(NCCCCCCl)n1. The minimum absolute atomic E-state index is 0.00528. The van der Waals surface area contributed by atoms with Gasteiger partial charge in [-0.3, -0.25) is 0 Å². The second-order valence-corrected chi connectivity index (χ2v) is 3.82. The first-order chi connectivity index (χ1) is 8.04. The number of halogens is 4. The lowest BCUT2D eigenvalue weighted by molar-refractivity contribution is -0.141. The van der Waals surface area contributed by atoms with Crippen molar-refractivity contribution in [3.8, 4) is 0 Å². The predicted molar refractivity (Wildman–Crippen MR) is 60.1 cm³/mol. The lowest BCUT2D eigenvalue weighted by atomic mass is 10.2. The van der Waals surface area contributed by atoms with Crippen molar-refractivity contribution >= 4 is 17.5 Å². The van der Waals surface area contributed by atoms with E-state index in [4.69, 9.17) is 11.6 Å². The van der Waals surface area contributed by atoms with E-state index in [0.717, 1.165) is 31.5 Å². The van der Waals surface area contributed by atoms with Gasteiger partial charge in [0.05, 0.1) is 0 Å². The molecule has 3 nitrogen and oxygen atoms in total. The molecule has 1 heterocycles. The first-order valence-corrected chi connectivity index (χ1v) is 5.77. The van der Waals surface area contributed by atoms with Gasteiger partial charge in [0.25, 0.3) is 0 Å². The van der Waals surface area contributed by atoms with E-state index in [0.29, 0.717) is 12.4 Å². The van der Waals surface area contributed by atoms with E-state index in [-0.39, 0.29) is 5.95 Å². The quantitative estimate of drug-likeness (QED) is 0.635. The summed E-state index contributed by atoms with van der Waals surface area (Å²) in [5.41, 5.74) is -0.934. The lowest BCUT2D eigenvalue weighted by Gasteiger charge is -2.08. The summed E-state index contributed by atoms with van der Waals surface area (Å²) < 4.78 is 37.0. The molecule has 0 radical (unpaired) electrons. The minimum atomic E-state index is -4.43. The van der Waals surface area contributed by atoms with Crippen LogP contribution in [-0.4, -0.2) is 22.4 Å². The first-order valence-electron chi connectivity index (χ1n) is 5.24. The maximum Gasteiger partial charge on any atom is 0.433 e. The summed E-state index contributed by atoms with van der Waals surface area (Å²) in [4.78, 5) is 7.11. The number of unbranched alkanes of at least 4 members (excludes halogenated alkanes) is 2. The summed E-state index contributed by atoms with van der Waals surface area (Å²) in [6.07, 6.45) is -0.691. The highest BCUT2D eigenvalue weighted by atomic mass is 35.5. The van der Waals surface area contributed by atoms with Gasteiger partial charge in [-0.25, -0.2) is 9.97 Å². The number of nitrogens with one attached hydrogen (secondary N) is 1. The smallest absolute Gasteiger partial charge is 0.354 e.